The third-order valence-corrected chi connectivity index (χ3v) is 4.38. The van der Waals surface area contributed by atoms with Gasteiger partial charge >= 0.3 is 0 Å². The van der Waals surface area contributed by atoms with Crippen molar-refractivity contribution >= 4 is 9.84 Å². The van der Waals surface area contributed by atoms with E-state index in [4.69, 9.17) is 0 Å². The van der Waals surface area contributed by atoms with Crippen molar-refractivity contribution < 1.29 is 8.42 Å². The predicted molar refractivity (Wildman–Crippen MR) is 69.6 cm³/mol. The number of likely N-dealkylation sites (N-methyl/N-ethyl adjacent to an activating group) is 1. The minimum atomic E-state index is -2.79. The summed E-state index contributed by atoms with van der Waals surface area (Å²) in [5.41, 5.74) is 0. The molecule has 5 heteroatoms. The first-order valence-electron chi connectivity index (χ1n) is 6.13. The van der Waals surface area contributed by atoms with Gasteiger partial charge in [-0.3, -0.25) is 0 Å². The minimum Gasteiger partial charge on any atom is -0.318 e. The molecule has 0 fully saturated rings. The number of nitrogens with one attached hydrogen (secondary N) is 1. The third kappa shape index (κ3) is 8.07. The molecule has 0 saturated heterocycles. The second-order valence-corrected chi connectivity index (χ2v) is 6.51. The van der Waals surface area contributed by atoms with Crippen molar-refractivity contribution in [3.8, 4) is 0 Å². The first kappa shape index (κ1) is 15.9. The Hall–Kier alpha value is -0.130. The summed E-state index contributed by atoms with van der Waals surface area (Å²) in [6, 6.07) is 0. The molecule has 1 N–H and O–H groups in total. The number of sulfone groups is 1. The number of nitrogens with zero attached hydrogens (tertiary/aromatic N) is 1. The lowest BCUT2D eigenvalue weighted by Gasteiger charge is -2.21. The Balaban J connectivity index is 3.83. The van der Waals surface area contributed by atoms with E-state index in [-0.39, 0.29) is 5.75 Å². The lowest BCUT2D eigenvalue weighted by Crippen LogP contribution is -2.33. The van der Waals surface area contributed by atoms with E-state index in [1.165, 1.54) is 0 Å². The fourth-order valence-electron chi connectivity index (χ4n) is 1.57. The summed E-state index contributed by atoms with van der Waals surface area (Å²) in [6.45, 7) is 7.74. The highest BCUT2D eigenvalue weighted by Crippen LogP contribution is 1.98. The highest BCUT2D eigenvalue weighted by molar-refractivity contribution is 7.91. The third-order valence-electron chi connectivity index (χ3n) is 2.59. The van der Waals surface area contributed by atoms with Gasteiger partial charge < -0.3 is 10.2 Å². The molecule has 0 saturated carbocycles. The van der Waals surface area contributed by atoms with Gasteiger partial charge in [-0.15, -0.1) is 0 Å². The van der Waals surface area contributed by atoms with E-state index in [1.807, 2.05) is 7.05 Å². The molecule has 0 bridgehead atoms. The van der Waals surface area contributed by atoms with Crippen LogP contribution in [-0.2, 0) is 9.84 Å². The molecule has 0 rings (SSSR count). The zero-order valence-corrected chi connectivity index (χ0v) is 11.6. The van der Waals surface area contributed by atoms with Gasteiger partial charge in [-0.05, 0) is 33.0 Å². The maximum Gasteiger partial charge on any atom is 0.150 e. The lowest BCUT2D eigenvalue weighted by molar-refractivity contribution is 0.277. The molecule has 0 radical (unpaired) electrons. The Morgan fingerprint density at radius 3 is 2.31 bits per heavy atom. The summed E-state index contributed by atoms with van der Waals surface area (Å²) >= 11 is 0. The summed E-state index contributed by atoms with van der Waals surface area (Å²) in [4.78, 5) is 2.32. The van der Waals surface area contributed by atoms with Crippen LogP contribution in [0.15, 0.2) is 0 Å². The average molecular weight is 250 g/mol. The quantitative estimate of drug-likeness (QED) is 0.621. The molecule has 0 aromatic rings. The number of hydrogen-bond acceptors (Lipinski definition) is 4. The molecule has 0 unspecified atom stereocenters. The van der Waals surface area contributed by atoms with Gasteiger partial charge in [-0.1, -0.05) is 13.8 Å². The fraction of sp³-hybridized carbons (Fsp3) is 1.00. The second-order valence-electron chi connectivity index (χ2n) is 4.04. The fourth-order valence-corrected chi connectivity index (χ4v) is 2.43. The van der Waals surface area contributed by atoms with Crippen LogP contribution in [-0.4, -0.2) is 58.1 Å². The van der Waals surface area contributed by atoms with Gasteiger partial charge in [0.25, 0.3) is 0 Å². The van der Waals surface area contributed by atoms with Gasteiger partial charge in [0, 0.05) is 18.8 Å². The first-order valence-corrected chi connectivity index (χ1v) is 7.95. The molecular weight excluding hydrogens is 224 g/mol. The van der Waals surface area contributed by atoms with E-state index in [1.54, 1.807) is 6.92 Å². The van der Waals surface area contributed by atoms with Crippen LogP contribution in [0.1, 0.15) is 26.7 Å². The van der Waals surface area contributed by atoms with Gasteiger partial charge in [0.15, 0.2) is 0 Å². The largest absolute Gasteiger partial charge is 0.318 e. The Labute approximate surface area is 100 Å². The lowest BCUT2D eigenvalue weighted by atomic mass is 10.3. The SMILES string of the molecule is CCCN(CCCS(=O)(=O)CC)CCNC. The van der Waals surface area contributed by atoms with Gasteiger partial charge in [0.05, 0.1) is 5.75 Å². The molecule has 0 aromatic carbocycles. The van der Waals surface area contributed by atoms with Crippen LogP contribution in [0.2, 0.25) is 0 Å². The Morgan fingerprint density at radius 1 is 1.12 bits per heavy atom. The topological polar surface area (TPSA) is 49.4 Å². The Kier molecular flexibility index (Phi) is 8.89. The molecule has 98 valence electrons. The molecule has 0 atom stereocenters. The summed E-state index contributed by atoms with van der Waals surface area (Å²) in [6.07, 6.45) is 1.87. The van der Waals surface area contributed by atoms with E-state index < -0.39 is 9.84 Å². The predicted octanol–water partition coefficient (Wildman–Crippen LogP) is 0.743. The highest BCUT2D eigenvalue weighted by Gasteiger charge is 2.09. The van der Waals surface area contributed by atoms with E-state index in [2.05, 4.69) is 17.1 Å². The first-order chi connectivity index (χ1) is 7.55. The van der Waals surface area contributed by atoms with Crippen molar-refractivity contribution in [2.24, 2.45) is 0 Å². The van der Waals surface area contributed by atoms with Crippen LogP contribution in [0.25, 0.3) is 0 Å². The van der Waals surface area contributed by atoms with E-state index in [9.17, 15) is 8.42 Å². The summed E-state index contributed by atoms with van der Waals surface area (Å²) in [5, 5.41) is 3.11. The van der Waals surface area contributed by atoms with Crippen molar-refractivity contribution in [1.29, 1.82) is 0 Å². The molecule has 0 spiro atoms. The van der Waals surface area contributed by atoms with E-state index >= 15 is 0 Å². The molecule has 0 aliphatic carbocycles. The number of hydrogen-bond donors (Lipinski definition) is 1. The zero-order valence-electron chi connectivity index (χ0n) is 10.8. The van der Waals surface area contributed by atoms with Crippen LogP contribution in [0, 0.1) is 0 Å². The second kappa shape index (κ2) is 8.96. The summed E-state index contributed by atoms with van der Waals surface area (Å²) in [5.74, 6) is 0.584. The molecule has 0 amide bonds. The molecule has 0 heterocycles. The zero-order chi connectivity index (χ0) is 12.4. The van der Waals surface area contributed by atoms with E-state index in [0.717, 1.165) is 39.0 Å². The summed E-state index contributed by atoms with van der Waals surface area (Å²) in [7, 11) is -0.857. The average Bonchev–Trinajstić information content (AvgIpc) is 2.25. The Bertz CT molecular complexity index is 253. The van der Waals surface area contributed by atoms with Gasteiger partial charge in [-0.2, -0.15) is 0 Å². The Morgan fingerprint density at radius 2 is 1.81 bits per heavy atom. The molecular formula is C11H26N2O2S. The monoisotopic (exact) mass is 250 g/mol. The van der Waals surface area contributed by atoms with Crippen LogP contribution in [0.4, 0.5) is 0 Å². The maximum absolute atomic E-state index is 11.3. The molecule has 0 aliphatic rings. The van der Waals surface area contributed by atoms with Crippen LogP contribution in [0.5, 0.6) is 0 Å². The van der Waals surface area contributed by atoms with E-state index in [0.29, 0.717) is 5.75 Å². The van der Waals surface area contributed by atoms with Gasteiger partial charge in [-0.25, -0.2) is 8.42 Å². The summed E-state index contributed by atoms with van der Waals surface area (Å²) < 4.78 is 22.6. The van der Waals surface area contributed by atoms with Crippen molar-refractivity contribution in [3.63, 3.8) is 0 Å². The van der Waals surface area contributed by atoms with Crippen molar-refractivity contribution in [2.75, 3.05) is 44.7 Å². The van der Waals surface area contributed by atoms with Crippen molar-refractivity contribution in [3.05, 3.63) is 0 Å². The molecule has 0 aromatic heterocycles. The van der Waals surface area contributed by atoms with Crippen LogP contribution < -0.4 is 5.32 Å². The normalized spacial score (nSPS) is 12.2. The van der Waals surface area contributed by atoms with Crippen LogP contribution >= 0.6 is 0 Å². The van der Waals surface area contributed by atoms with Gasteiger partial charge in [0.1, 0.15) is 9.84 Å². The van der Waals surface area contributed by atoms with Crippen LogP contribution in [0.3, 0.4) is 0 Å². The van der Waals surface area contributed by atoms with Gasteiger partial charge in [0.2, 0.25) is 0 Å². The minimum absolute atomic E-state index is 0.261. The highest BCUT2D eigenvalue weighted by atomic mass is 32.2. The molecule has 16 heavy (non-hydrogen) atoms. The maximum atomic E-state index is 11.3. The molecule has 0 aliphatic heterocycles. The molecule has 4 nitrogen and oxygen atoms in total. The smallest absolute Gasteiger partial charge is 0.150 e. The van der Waals surface area contributed by atoms with Crippen molar-refractivity contribution in [1.82, 2.24) is 10.2 Å². The number of rotatable bonds is 10. The standard InChI is InChI=1S/C11H26N2O2S/c1-4-8-13(10-7-12-3)9-6-11-16(14,15)5-2/h12H,4-11H2,1-3H3. The van der Waals surface area contributed by atoms with Crippen molar-refractivity contribution in [2.45, 2.75) is 26.7 Å².